The average molecular weight is 366 g/mol. The van der Waals surface area contributed by atoms with Crippen LogP contribution in [-0.2, 0) is 0 Å². The van der Waals surface area contributed by atoms with Crippen molar-refractivity contribution in [3.8, 4) is 0 Å². The molecule has 4 N–H and O–H groups in total. The topological polar surface area (TPSA) is 83.8 Å². The van der Waals surface area contributed by atoms with Gasteiger partial charge in [-0.2, -0.15) is 0 Å². The Morgan fingerprint density at radius 1 is 1.29 bits per heavy atom. The number of H-pyrrole nitrogens is 1. The van der Waals surface area contributed by atoms with Crippen molar-refractivity contribution in [2.45, 2.75) is 0 Å². The van der Waals surface area contributed by atoms with E-state index in [9.17, 15) is 4.79 Å². The van der Waals surface area contributed by atoms with Crippen molar-refractivity contribution in [1.29, 1.82) is 0 Å². The molecule has 1 heterocycles. The molecule has 5 nitrogen and oxygen atoms in total. The Balaban J connectivity index is 2.11. The minimum absolute atomic E-state index is 0.220. The number of halogens is 2. The van der Waals surface area contributed by atoms with Gasteiger partial charge in [-0.15, -0.1) is 0 Å². The Kier molecular flexibility index (Phi) is 3.57. The van der Waals surface area contributed by atoms with Crippen molar-refractivity contribution in [1.82, 2.24) is 9.97 Å². The zero-order chi connectivity index (χ0) is 15.0. The summed E-state index contributed by atoms with van der Waals surface area (Å²) in [4.78, 5) is 18.4. The maximum absolute atomic E-state index is 11.7. The lowest BCUT2D eigenvalue weighted by molar-refractivity contribution is 1.17. The van der Waals surface area contributed by atoms with Crippen LogP contribution < -0.4 is 16.6 Å². The molecule has 0 fully saturated rings. The van der Waals surface area contributed by atoms with Gasteiger partial charge in [0.2, 0.25) is 0 Å². The molecule has 0 aliphatic carbocycles. The molecule has 7 heteroatoms. The quantitative estimate of drug-likeness (QED) is 0.605. The molecule has 0 atom stereocenters. The zero-order valence-corrected chi connectivity index (χ0v) is 13.0. The molecule has 0 aliphatic rings. The van der Waals surface area contributed by atoms with Crippen molar-refractivity contribution in [2.24, 2.45) is 0 Å². The van der Waals surface area contributed by atoms with Crippen molar-refractivity contribution < 1.29 is 0 Å². The standard InChI is InChI=1S/C14H10BrClN4O/c15-13-8(16)2-1-3-10(13)20-12-5-11-7(4-9(12)17)14(21)19-6-18-11/h1-6,20H,17H2,(H,18,19,21). The van der Waals surface area contributed by atoms with Crippen LogP contribution in [0.5, 0.6) is 0 Å². The predicted octanol–water partition coefficient (Wildman–Crippen LogP) is 3.66. The summed E-state index contributed by atoms with van der Waals surface area (Å²) in [7, 11) is 0. The maximum Gasteiger partial charge on any atom is 0.258 e. The smallest absolute Gasteiger partial charge is 0.258 e. The number of rotatable bonds is 2. The number of hydrogen-bond acceptors (Lipinski definition) is 4. The molecule has 2 aromatic carbocycles. The first-order chi connectivity index (χ1) is 10.1. The van der Waals surface area contributed by atoms with Crippen LogP contribution in [0.4, 0.5) is 17.1 Å². The highest BCUT2D eigenvalue weighted by atomic mass is 79.9. The number of nitrogens with two attached hydrogens (primary N) is 1. The van der Waals surface area contributed by atoms with Gasteiger partial charge in [-0.1, -0.05) is 17.7 Å². The average Bonchev–Trinajstić information content (AvgIpc) is 2.46. The van der Waals surface area contributed by atoms with E-state index in [4.69, 9.17) is 17.3 Å². The molecular formula is C14H10BrClN4O. The molecule has 0 radical (unpaired) electrons. The lowest BCUT2D eigenvalue weighted by Crippen LogP contribution is -2.07. The fraction of sp³-hybridized carbons (Fsp3) is 0. The van der Waals surface area contributed by atoms with E-state index in [0.29, 0.717) is 27.3 Å². The Bertz CT molecular complexity index is 894. The summed E-state index contributed by atoms with van der Waals surface area (Å²) in [5.41, 5.74) is 8.23. The minimum Gasteiger partial charge on any atom is -0.397 e. The summed E-state index contributed by atoms with van der Waals surface area (Å²) in [5, 5.41) is 4.23. The molecule has 0 saturated heterocycles. The van der Waals surface area contributed by atoms with E-state index in [-0.39, 0.29) is 5.56 Å². The second-order valence-corrected chi connectivity index (χ2v) is 5.61. The second kappa shape index (κ2) is 5.38. The van der Waals surface area contributed by atoms with Gasteiger partial charge >= 0.3 is 0 Å². The number of fused-ring (bicyclic) bond motifs is 1. The van der Waals surface area contributed by atoms with Gasteiger partial charge in [0.25, 0.3) is 5.56 Å². The van der Waals surface area contributed by atoms with Gasteiger partial charge in [0.15, 0.2) is 0 Å². The molecule has 3 rings (SSSR count). The lowest BCUT2D eigenvalue weighted by atomic mass is 10.2. The fourth-order valence-corrected chi connectivity index (χ4v) is 2.52. The molecule has 0 amide bonds. The Morgan fingerprint density at radius 3 is 2.90 bits per heavy atom. The molecule has 0 unspecified atom stereocenters. The third-order valence-corrected chi connectivity index (χ3v) is 4.43. The maximum atomic E-state index is 11.7. The number of nitrogens with one attached hydrogen (secondary N) is 2. The first-order valence-electron chi connectivity index (χ1n) is 6.04. The van der Waals surface area contributed by atoms with Gasteiger partial charge in [-0.25, -0.2) is 4.98 Å². The molecule has 0 saturated carbocycles. The van der Waals surface area contributed by atoms with Gasteiger partial charge in [-0.3, -0.25) is 4.79 Å². The zero-order valence-electron chi connectivity index (χ0n) is 10.7. The van der Waals surface area contributed by atoms with Gasteiger partial charge in [0.1, 0.15) is 0 Å². The molecular weight excluding hydrogens is 356 g/mol. The summed E-state index contributed by atoms with van der Waals surface area (Å²) in [6, 6.07) is 8.80. The summed E-state index contributed by atoms with van der Waals surface area (Å²) in [5.74, 6) is 0. The van der Waals surface area contributed by atoms with E-state index in [1.165, 1.54) is 6.33 Å². The van der Waals surface area contributed by atoms with E-state index in [1.807, 2.05) is 12.1 Å². The number of nitrogens with zero attached hydrogens (tertiary/aromatic N) is 1. The highest BCUT2D eigenvalue weighted by molar-refractivity contribution is 9.10. The molecule has 1 aromatic heterocycles. The molecule has 3 aromatic rings. The van der Waals surface area contributed by atoms with Crippen LogP contribution in [0.3, 0.4) is 0 Å². The lowest BCUT2D eigenvalue weighted by Gasteiger charge is -2.12. The normalized spacial score (nSPS) is 10.8. The molecule has 0 bridgehead atoms. The van der Waals surface area contributed by atoms with E-state index < -0.39 is 0 Å². The van der Waals surface area contributed by atoms with E-state index >= 15 is 0 Å². The Morgan fingerprint density at radius 2 is 2.10 bits per heavy atom. The largest absolute Gasteiger partial charge is 0.397 e. The van der Waals surface area contributed by atoms with Gasteiger partial charge in [0, 0.05) is 0 Å². The second-order valence-electron chi connectivity index (χ2n) is 4.41. The number of aromatic nitrogens is 2. The van der Waals surface area contributed by atoms with Crippen LogP contribution in [0.15, 0.2) is 45.9 Å². The minimum atomic E-state index is -0.220. The molecule has 21 heavy (non-hydrogen) atoms. The Hall–Kier alpha value is -2.05. The van der Waals surface area contributed by atoms with E-state index in [0.717, 1.165) is 10.2 Å². The highest BCUT2D eigenvalue weighted by Gasteiger charge is 2.09. The van der Waals surface area contributed by atoms with Crippen LogP contribution in [0.25, 0.3) is 10.9 Å². The van der Waals surface area contributed by atoms with Crippen molar-refractivity contribution in [2.75, 3.05) is 11.1 Å². The van der Waals surface area contributed by atoms with Crippen LogP contribution in [0, 0.1) is 0 Å². The summed E-state index contributed by atoms with van der Waals surface area (Å²) >= 11 is 9.48. The monoisotopic (exact) mass is 364 g/mol. The summed E-state index contributed by atoms with van der Waals surface area (Å²) in [6.45, 7) is 0. The van der Waals surface area contributed by atoms with Crippen LogP contribution in [-0.4, -0.2) is 9.97 Å². The van der Waals surface area contributed by atoms with Gasteiger partial charge < -0.3 is 16.0 Å². The first-order valence-corrected chi connectivity index (χ1v) is 7.21. The Labute approximate surface area is 133 Å². The number of hydrogen-bond donors (Lipinski definition) is 3. The van der Waals surface area contributed by atoms with Gasteiger partial charge in [0.05, 0.1) is 43.8 Å². The van der Waals surface area contributed by atoms with Crippen LogP contribution >= 0.6 is 27.5 Å². The summed E-state index contributed by atoms with van der Waals surface area (Å²) < 4.78 is 0.741. The van der Waals surface area contributed by atoms with Crippen molar-refractivity contribution in [3.63, 3.8) is 0 Å². The highest BCUT2D eigenvalue weighted by Crippen LogP contribution is 2.34. The molecule has 0 spiro atoms. The third kappa shape index (κ3) is 2.59. The molecule has 0 aliphatic heterocycles. The van der Waals surface area contributed by atoms with Crippen molar-refractivity contribution in [3.05, 3.63) is 56.5 Å². The predicted molar refractivity (Wildman–Crippen MR) is 89.2 cm³/mol. The van der Waals surface area contributed by atoms with Crippen LogP contribution in [0.2, 0.25) is 5.02 Å². The van der Waals surface area contributed by atoms with Gasteiger partial charge in [-0.05, 0) is 40.2 Å². The SMILES string of the molecule is Nc1cc2c(=O)[nH]cnc2cc1Nc1cccc(Cl)c1Br. The molecule has 106 valence electrons. The van der Waals surface area contributed by atoms with Crippen molar-refractivity contribution >= 4 is 55.5 Å². The number of nitrogen functional groups attached to an aromatic ring is 1. The third-order valence-electron chi connectivity index (χ3n) is 3.03. The number of aromatic amines is 1. The van der Waals surface area contributed by atoms with E-state index in [1.54, 1.807) is 18.2 Å². The number of benzene rings is 2. The summed E-state index contributed by atoms with van der Waals surface area (Å²) in [6.07, 6.45) is 1.36. The number of anilines is 3. The fourth-order valence-electron chi connectivity index (χ4n) is 1.99. The first kappa shape index (κ1) is 13.9. The van der Waals surface area contributed by atoms with E-state index in [2.05, 4.69) is 31.2 Å². The van der Waals surface area contributed by atoms with Crippen LogP contribution in [0.1, 0.15) is 0 Å².